The van der Waals surface area contributed by atoms with Crippen LogP contribution in [-0.2, 0) is 0 Å². The maximum atomic E-state index is 5.94. The van der Waals surface area contributed by atoms with Crippen molar-refractivity contribution >= 4 is 22.7 Å². The van der Waals surface area contributed by atoms with E-state index in [4.69, 9.17) is 16.2 Å². The number of anilines is 2. The van der Waals surface area contributed by atoms with Gasteiger partial charge in [0, 0.05) is 16.5 Å². The lowest BCUT2D eigenvalue weighted by Gasteiger charge is -2.10. The van der Waals surface area contributed by atoms with Gasteiger partial charge in [0.1, 0.15) is 5.75 Å². The Labute approximate surface area is 143 Å². The summed E-state index contributed by atoms with van der Waals surface area (Å²) < 4.78 is 5.42. The lowest BCUT2D eigenvalue weighted by atomic mass is 10.1. The molecule has 0 atom stereocenters. The monoisotopic (exact) mass is 332 g/mol. The van der Waals surface area contributed by atoms with Crippen molar-refractivity contribution in [3.8, 4) is 28.3 Å². The predicted octanol–water partition coefficient (Wildman–Crippen LogP) is 2.86. The summed E-state index contributed by atoms with van der Waals surface area (Å²) in [7, 11) is 1.63. The Kier molecular flexibility index (Phi) is 3.46. The number of benzene rings is 2. The average Bonchev–Trinajstić information content (AvgIpc) is 3.01. The SMILES string of the molecule is COc1ccccc1-c1cc(-c2ccc3c(N)n[nH]c3c2)nc(N)n1. The van der Waals surface area contributed by atoms with E-state index in [2.05, 4.69) is 20.2 Å². The minimum Gasteiger partial charge on any atom is -0.496 e. The maximum absolute atomic E-state index is 5.94. The van der Waals surface area contributed by atoms with Crippen molar-refractivity contribution < 1.29 is 4.74 Å². The molecule has 0 bridgehead atoms. The van der Waals surface area contributed by atoms with Crippen molar-refractivity contribution in [1.29, 1.82) is 0 Å². The number of nitrogens with one attached hydrogen (secondary N) is 1. The molecule has 0 radical (unpaired) electrons. The van der Waals surface area contributed by atoms with E-state index in [1.165, 1.54) is 0 Å². The fraction of sp³-hybridized carbons (Fsp3) is 0.0556. The van der Waals surface area contributed by atoms with Crippen LogP contribution in [0.25, 0.3) is 33.4 Å². The number of methoxy groups -OCH3 is 1. The van der Waals surface area contributed by atoms with Gasteiger partial charge in [-0.2, -0.15) is 5.10 Å². The Bertz CT molecular complexity index is 1070. The third-order valence-corrected chi connectivity index (χ3v) is 4.01. The minimum atomic E-state index is 0.197. The molecule has 0 saturated carbocycles. The zero-order valence-corrected chi connectivity index (χ0v) is 13.5. The topological polar surface area (TPSA) is 116 Å². The molecular formula is C18H16N6O. The van der Waals surface area contributed by atoms with Gasteiger partial charge in [-0.1, -0.05) is 18.2 Å². The highest BCUT2D eigenvalue weighted by Crippen LogP contribution is 2.32. The third-order valence-electron chi connectivity index (χ3n) is 4.01. The van der Waals surface area contributed by atoms with Crippen LogP contribution < -0.4 is 16.2 Å². The van der Waals surface area contributed by atoms with Gasteiger partial charge >= 0.3 is 0 Å². The molecule has 2 heterocycles. The number of ether oxygens (including phenoxy) is 1. The van der Waals surface area contributed by atoms with Crippen LogP contribution in [0.2, 0.25) is 0 Å². The largest absolute Gasteiger partial charge is 0.496 e. The molecule has 7 nitrogen and oxygen atoms in total. The Hall–Kier alpha value is -3.61. The summed E-state index contributed by atoms with van der Waals surface area (Å²) in [6.45, 7) is 0. The molecule has 0 unspecified atom stereocenters. The molecule has 0 fully saturated rings. The number of hydrogen-bond donors (Lipinski definition) is 3. The van der Waals surface area contributed by atoms with Gasteiger partial charge in [0.15, 0.2) is 5.82 Å². The summed E-state index contributed by atoms with van der Waals surface area (Å²) in [4.78, 5) is 8.71. The van der Waals surface area contributed by atoms with Crippen LogP contribution in [0.3, 0.4) is 0 Å². The molecule has 0 spiro atoms. The van der Waals surface area contributed by atoms with Gasteiger partial charge in [0.05, 0.1) is 24.0 Å². The van der Waals surface area contributed by atoms with E-state index in [0.717, 1.165) is 27.8 Å². The Balaban J connectivity index is 1.86. The van der Waals surface area contributed by atoms with Crippen molar-refractivity contribution in [2.75, 3.05) is 18.6 Å². The standard InChI is InChI=1S/C18H16N6O/c1-25-16-5-3-2-4-11(16)14-9-13(21-18(20)22-14)10-6-7-12-15(8-10)23-24-17(12)19/h2-9H,1H3,(H3,19,23,24)(H2,20,21,22). The van der Waals surface area contributed by atoms with Gasteiger partial charge in [-0.05, 0) is 30.3 Å². The summed E-state index contributed by atoms with van der Waals surface area (Å²) in [5.74, 6) is 1.39. The van der Waals surface area contributed by atoms with E-state index in [0.29, 0.717) is 17.2 Å². The molecule has 124 valence electrons. The van der Waals surface area contributed by atoms with E-state index < -0.39 is 0 Å². The molecule has 25 heavy (non-hydrogen) atoms. The predicted molar refractivity (Wildman–Crippen MR) is 97.9 cm³/mol. The van der Waals surface area contributed by atoms with Gasteiger partial charge in [0.2, 0.25) is 5.95 Å². The number of H-pyrrole nitrogens is 1. The van der Waals surface area contributed by atoms with Crippen molar-refractivity contribution in [2.45, 2.75) is 0 Å². The van der Waals surface area contributed by atoms with Crippen molar-refractivity contribution in [2.24, 2.45) is 0 Å². The molecule has 0 aliphatic rings. The highest BCUT2D eigenvalue weighted by atomic mass is 16.5. The summed E-state index contributed by atoms with van der Waals surface area (Å²) >= 11 is 0. The Morgan fingerprint density at radius 2 is 1.76 bits per heavy atom. The number of fused-ring (bicyclic) bond motifs is 1. The van der Waals surface area contributed by atoms with Crippen LogP contribution in [0.4, 0.5) is 11.8 Å². The first-order valence-corrected chi connectivity index (χ1v) is 7.67. The van der Waals surface area contributed by atoms with Gasteiger partial charge < -0.3 is 16.2 Å². The number of nitrogen functional groups attached to an aromatic ring is 2. The molecule has 7 heteroatoms. The highest BCUT2D eigenvalue weighted by molar-refractivity contribution is 5.91. The zero-order chi connectivity index (χ0) is 17.4. The molecule has 0 amide bonds. The van der Waals surface area contributed by atoms with Crippen LogP contribution in [0, 0.1) is 0 Å². The molecule has 4 rings (SSSR count). The van der Waals surface area contributed by atoms with Crippen LogP contribution in [0.15, 0.2) is 48.5 Å². The van der Waals surface area contributed by atoms with Gasteiger partial charge in [-0.25, -0.2) is 9.97 Å². The molecule has 0 saturated heterocycles. The number of nitrogens with two attached hydrogens (primary N) is 2. The fourth-order valence-electron chi connectivity index (χ4n) is 2.81. The number of aromatic amines is 1. The highest BCUT2D eigenvalue weighted by Gasteiger charge is 2.12. The quantitative estimate of drug-likeness (QED) is 0.531. The molecule has 5 N–H and O–H groups in total. The molecule has 0 aliphatic heterocycles. The molecule has 4 aromatic rings. The third kappa shape index (κ3) is 2.61. The summed E-state index contributed by atoms with van der Waals surface area (Å²) in [5.41, 5.74) is 15.8. The number of aromatic nitrogens is 4. The first-order chi connectivity index (χ1) is 12.2. The molecule has 0 aliphatic carbocycles. The maximum Gasteiger partial charge on any atom is 0.221 e. The number of hydrogen-bond acceptors (Lipinski definition) is 6. The second kappa shape index (κ2) is 5.79. The van der Waals surface area contributed by atoms with E-state index in [9.17, 15) is 0 Å². The van der Waals surface area contributed by atoms with Crippen molar-refractivity contribution in [1.82, 2.24) is 20.2 Å². The number of rotatable bonds is 3. The summed E-state index contributed by atoms with van der Waals surface area (Å²) in [6, 6.07) is 15.3. The Morgan fingerprint density at radius 3 is 2.60 bits per heavy atom. The van der Waals surface area contributed by atoms with Gasteiger partial charge in [-0.15, -0.1) is 0 Å². The number of para-hydroxylation sites is 1. The van der Waals surface area contributed by atoms with Crippen LogP contribution in [0.1, 0.15) is 0 Å². The van der Waals surface area contributed by atoms with E-state index in [-0.39, 0.29) is 5.95 Å². The lowest BCUT2D eigenvalue weighted by molar-refractivity contribution is 0.416. The zero-order valence-electron chi connectivity index (χ0n) is 13.5. The second-order valence-electron chi connectivity index (χ2n) is 5.57. The van der Waals surface area contributed by atoms with Crippen LogP contribution >= 0.6 is 0 Å². The normalized spacial score (nSPS) is 10.9. The van der Waals surface area contributed by atoms with Crippen molar-refractivity contribution in [3.05, 3.63) is 48.5 Å². The second-order valence-corrected chi connectivity index (χ2v) is 5.57. The van der Waals surface area contributed by atoms with Gasteiger partial charge in [0.25, 0.3) is 0 Å². The fourth-order valence-corrected chi connectivity index (χ4v) is 2.81. The smallest absolute Gasteiger partial charge is 0.221 e. The average molecular weight is 332 g/mol. The summed E-state index contributed by atoms with van der Waals surface area (Å²) in [5, 5.41) is 7.79. The van der Waals surface area contributed by atoms with Gasteiger partial charge in [-0.3, -0.25) is 5.10 Å². The minimum absolute atomic E-state index is 0.197. The number of nitrogens with zero attached hydrogens (tertiary/aromatic N) is 3. The van der Waals surface area contributed by atoms with E-state index in [1.54, 1.807) is 7.11 Å². The lowest BCUT2D eigenvalue weighted by Crippen LogP contribution is -1.99. The first kappa shape index (κ1) is 14.9. The molecule has 2 aromatic carbocycles. The first-order valence-electron chi connectivity index (χ1n) is 7.67. The van der Waals surface area contributed by atoms with Crippen molar-refractivity contribution in [3.63, 3.8) is 0 Å². The van der Waals surface area contributed by atoms with E-state index in [1.807, 2.05) is 48.5 Å². The molecule has 2 aromatic heterocycles. The van der Waals surface area contributed by atoms with Crippen LogP contribution in [0.5, 0.6) is 5.75 Å². The Morgan fingerprint density at radius 1 is 0.960 bits per heavy atom. The van der Waals surface area contributed by atoms with Crippen LogP contribution in [-0.4, -0.2) is 27.3 Å². The molecular weight excluding hydrogens is 316 g/mol. The summed E-state index contributed by atoms with van der Waals surface area (Å²) in [6.07, 6.45) is 0. The van der Waals surface area contributed by atoms with E-state index >= 15 is 0 Å².